The molecule has 1 heterocycles. The third-order valence-corrected chi connectivity index (χ3v) is 10.8. The van der Waals surface area contributed by atoms with Crippen LogP contribution in [-0.4, -0.2) is 47.4 Å². The molecule has 0 radical (unpaired) electrons. The number of nitrogens with one attached hydrogen (secondary N) is 2. The molecule has 6 heteroatoms. The van der Waals surface area contributed by atoms with Crippen LogP contribution in [0, 0.1) is 35.0 Å². The fourth-order valence-corrected chi connectivity index (χ4v) is 8.65. The molecular weight excluding hydrogens is 434 g/mol. The lowest BCUT2D eigenvalue weighted by atomic mass is 9.71. The average Bonchev–Trinajstić information content (AvgIpc) is 3.24. The number of nitrogens with zero attached hydrogens (tertiary/aromatic N) is 1. The van der Waals surface area contributed by atoms with Crippen LogP contribution >= 0.6 is 0 Å². The minimum Gasteiger partial charge on any atom is -0.387 e. The van der Waals surface area contributed by atoms with Gasteiger partial charge in [0.2, 0.25) is 5.91 Å². The molecule has 35 heavy (non-hydrogen) atoms. The molecule has 0 spiro atoms. The highest BCUT2D eigenvalue weighted by atomic mass is 16.2. The molecular formula is C29H51N5O. The van der Waals surface area contributed by atoms with Gasteiger partial charge < -0.3 is 16.8 Å². The lowest BCUT2D eigenvalue weighted by Gasteiger charge is -2.41. The molecule has 0 aromatic rings. The predicted octanol–water partition coefficient (Wildman–Crippen LogP) is 4.55. The molecule has 4 saturated carbocycles. The summed E-state index contributed by atoms with van der Waals surface area (Å²) in [6, 6.07) is 1.02. The molecule has 5 rings (SSSR count). The Morgan fingerprint density at radius 3 is 2.14 bits per heavy atom. The molecule has 4 atom stereocenters. The van der Waals surface area contributed by atoms with Crippen molar-refractivity contribution in [3.8, 4) is 0 Å². The summed E-state index contributed by atoms with van der Waals surface area (Å²) in [6.45, 7) is 1.07. The number of rotatable bonds is 6. The van der Waals surface area contributed by atoms with Gasteiger partial charge in [0, 0.05) is 30.6 Å². The Morgan fingerprint density at radius 1 is 0.800 bits per heavy atom. The second kappa shape index (κ2) is 11.5. The van der Waals surface area contributed by atoms with Crippen LogP contribution in [0.1, 0.15) is 109 Å². The first-order valence-corrected chi connectivity index (χ1v) is 15.1. The number of hydrogen-bond acceptors (Lipinski definition) is 4. The topological polar surface area (TPSA) is 108 Å². The molecule has 4 unspecified atom stereocenters. The van der Waals surface area contributed by atoms with E-state index in [2.05, 4.69) is 10.2 Å². The van der Waals surface area contributed by atoms with Gasteiger partial charge in [-0.2, -0.15) is 0 Å². The van der Waals surface area contributed by atoms with Crippen LogP contribution in [0.2, 0.25) is 0 Å². The van der Waals surface area contributed by atoms with Crippen LogP contribution < -0.4 is 16.8 Å². The van der Waals surface area contributed by atoms with Crippen LogP contribution in [0.3, 0.4) is 0 Å². The Hall–Kier alpha value is -1.14. The number of nitrogens with two attached hydrogens (primary N) is 2. The fourth-order valence-electron chi connectivity index (χ4n) is 8.65. The van der Waals surface area contributed by atoms with Gasteiger partial charge in [-0.05, 0) is 101 Å². The number of likely N-dealkylation sites (tertiary alicyclic amines) is 1. The maximum absolute atomic E-state index is 13.6. The summed E-state index contributed by atoms with van der Waals surface area (Å²) < 4.78 is 0. The zero-order valence-electron chi connectivity index (χ0n) is 21.9. The Bertz CT molecular complexity index is 721. The smallest absolute Gasteiger partial charge is 0.237 e. The molecule has 6 nitrogen and oxygen atoms in total. The first-order chi connectivity index (χ1) is 17.0. The monoisotopic (exact) mass is 485 g/mol. The van der Waals surface area contributed by atoms with Gasteiger partial charge in [-0.25, -0.2) is 0 Å². The van der Waals surface area contributed by atoms with Crippen LogP contribution in [0.4, 0.5) is 0 Å². The minimum absolute atomic E-state index is 0.00220. The van der Waals surface area contributed by atoms with Crippen molar-refractivity contribution in [1.29, 1.82) is 5.41 Å². The zero-order chi connectivity index (χ0) is 24.4. The van der Waals surface area contributed by atoms with E-state index in [4.69, 9.17) is 16.9 Å². The Labute approximate surface area is 213 Å². The van der Waals surface area contributed by atoms with Crippen molar-refractivity contribution in [1.82, 2.24) is 10.2 Å². The summed E-state index contributed by atoms with van der Waals surface area (Å²) in [4.78, 5) is 16.2. The van der Waals surface area contributed by atoms with Gasteiger partial charge in [-0.3, -0.25) is 15.1 Å². The minimum atomic E-state index is 0.00220. The van der Waals surface area contributed by atoms with Gasteiger partial charge in [0.25, 0.3) is 0 Å². The highest BCUT2D eigenvalue weighted by Gasteiger charge is 2.48. The summed E-state index contributed by atoms with van der Waals surface area (Å²) in [6.07, 6.45) is 20.9. The number of fused-ring (bicyclic) bond motifs is 1. The number of carbonyl (C=O) groups excluding carboxylic acids is 1. The SMILES string of the molecule is N=C(N)C1CCC2CC(C(=O)NC3CCC(N)CC3)N(CC3CCC(C4CCCCC4)CC3)C2C1. The molecule has 5 aliphatic rings. The van der Waals surface area contributed by atoms with Crippen molar-refractivity contribution in [2.45, 2.75) is 133 Å². The van der Waals surface area contributed by atoms with Gasteiger partial charge in [0.1, 0.15) is 0 Å². The zero-order valence-corrected chi connectivity index (χ0v) is 21.9. The van der Waals surface area contributed by atoms with Crippen molar-refractivity contribution < 1.29 is 4.79 Å². The first kappa shape index (κ1) is 25.5. The maximum Gasteiger partial charge on any atom is 0.237 e. The highest BCUT2D eigenvalue weighted by molar-refractivity contribution is 5.83. The Balaban J connectivity index is 1.22. The Morgan fingerprint density at radius 2 is 1.46 bits per heavy atom. The molecule has 0 aromatic carbocycles. The second-order valence-electron chi connectivity index (χ2n) is 13.0. The summed E-state index contributed by atoms with van der Waals surface area (Å²) in [5.41, 5.74) is 12.1. The normalized spacial score (nSPS) is 41.3. The van der Waals surface area contributed by atoms with E-state index >= 15 is 0 Å². The molecule has 1 amide bonds. The standard InChI is InChI=1S/C29H51N5O/c30-24-12-14-25(15-13-24)33-29(35)27-16-22-10-11-23(28(31)32)17-26(22)34(27)18-19-6-8-21(9-7-19)20-4-2-1-3-5-20/h19-27H,1-18,30H2,(H3,31,32)(H,33,35). The van der Waals surface area contributed by atoms with E-state index in [-0.39, 0.29) is 17.9 Å². The molecule has 198 valence electrons. The third kappa shape index (κ3) is 6.06. The van der Waals surface area contributed by atoms with Gasteiger partial charge >= 0.3 is 0 Å². The maximum atomic E-state index is 13.6. The molecule has 6 N–H and O–H groups in total. The van der Waals surface area contributed by atoms with E-state index < -0.39 is 0 Å². The summed E-state index contributed by atoms with van der Waals surface area (Å²) in [5, 5.41) is 11.5. The quantitative estimate of drug-likeness (QED) is 0.327. The second-order valence-corrected chi connectivity index (χ2v) is 13.0. The van der Waals surface area contributed by atoms with Crippen molar-refractivity contribution in [2.24, 2.45) is 41.1 Å². The van der Waals surface area contributed by atoms with E-state index in [1.54, 1.807) is 0 Å². The van der Waals surface area contributed by atoms with E-state index in [0.29, 0.717) is 35.8 Å². The summed E-state index contributed by atoms with van der Waals surface area (Å²) in [5.74, 6) is 4.04. The first-order valence-electron chi connectivity index (χ1n) is 15.1. The third-order valence-electron chi connectivity index (χ3n) is 10.8. The van der Waals surface area contributed by atoms with Gasteiger partial charge in [0.15, 0.2) is 0 Å². The van der Waals surface area contributed by atoms with Gasteiger partial charge in [-0.15, -0.1) is 0 Å². The van der Waals surface area contributed by atoms with Crippen LogP contribution in [-0.2, 0) is 4.79 Å². The summed E-state index contributed by atoms with van der Waals surface area (Å²) >= 11 is 0. The van der Waals surface area contributed by atoms with Crippen LogP contribution in [0.15, 0.2) is 0 Å². The number of amidine groups is 1. The number of hydrogen-bond donors (Lipinski definition) is 4. The average molecular weight is 486 g/mol. The molecule has 1 aliphatic heterocycles. The number of amides is 1. The van der Waals surface area contributed by atoms with Crippen molar-refractivity contribution in [2.75, 3.05) is 6.54 Å². The van der Waals surface area contributed by atoms with Crippen molar-refractivity contribution in [3.05, 3.63) is 0 Å². The molecule has 1 saturated heterocycles. The fraction of sp³-hybridized carbons (Fsp3) is 0.931. The van der Waals surface area contributed by atoms with Gasteiger partial charge in [0.05, 0.1) is 11.9 Å². The molecule has 0 bridgehead atoms. The molecule has 4 aliphatic carbocycles. The lowest BCUT2D eigenvalue weighted by Crippen LogP contribution is -2.52. The lowest BCUT2D eigenvalue weighted by molar-refractivity contribution is -0.127. The predicted molar refractivity (Wildman–Crippen MR) is 142 cm³/mol. The Kier molecular flexibility index (Phi) is 8.38. The van der Waals surface area contributed by atoms with E-state index in [1.807, 2.05) is 0 Å². The largest absolute Gasteiger partial charge is 0.387 e. The molecule has 5 fully saturated rings. The van der Waals surface area contributed by atoms with Crippen molar-refractivity contribution >= 4 is 11.7 Å². The van der Waals surface area contributed by atoms with Crippen LogP contribution in [0.5, 0.6) is 0 Å². The number of carbonyl (C=O) groups is 1. The van der Waals surface area contributed by atoms with Crippen LogP contribution in [0.25, 0.3) is 0 Å². The highest BCUT2D eigenvalue weighted by Crippen LogP contribution is 2.45. The van der Waals surface area contributed by atoms with Crippen molar-refractivity contribution in [3.63, 3.8) is 0 Å². The van der Waals surface area contributed by atoms with E-state index in [1.165, 1.54) is 57.8 Å². The van der Waals surface area contributed by atoms with Gasteiger partial charge in [-0.1, -0.05) is 32.1 Å². The van der Waals surface area contributed by atoms with E-state index in [9.17, 15) is 4.79 Å². The van der Waals surface area contributed by atoms with E-state index in [0.717, 1.165) is 69.7 Å². The molecule has 0 aromatic heterocycles. The summed E-state index contributed by atoms with van der Waals surface area (Å²) in [7, 11) is 0.